The zero-order chi connectivity index (χ0) is 33.1. The molecule has 0 spiro atoms. The number of aryl methyl sites for hydroxylation is 1. The predicted octanol–water partition coefficient (Wildman–Crippen LogP) is 5.21. The Morgan fingerprint density at radius 3 is 1.80 bits per heavy atom. The minimum Gasteiger partial charge on any atom is -0.491 e. The lowest BCUT2D eigenvalue weighted by atomic mass is 9.95. The van der Waals surface area contributed by atoms with Crippen molar-refractivity contribution >= 4 is 0 Å². The molecule has 8 nitrogen and oxygen atoms in total. The molecule has 2 rings (SSSR count). The lowest BCUT2D eigenvalue weighted by Crippen LogP contribution is -2.24. The number of hydrogen-bond acceptors (Lipinski definition) is 8. The van der Waals surface area contributed by atoms with Gasteiger partial charge in [0.1, 0.15) is 5.75 Å². The van der Waals surface area contributed by atoms with Gasteiger partial charge < -0.3 is 43.2 Å². The van der Waals surface area contributed by atoms with Crippen molar-refractivity contribution in [3.05, 3.63) is 53.1 Å². The standard InChI is InChI=1S/C38H69N7O/c1-32(2)46-38-16-15-35(29-37(38)31-45-25-13-24-43-23-12-19-41)36-27-33(14-7-6-10-20-42-22-11-18-40)26-34(28-36)30-44-21-9-5-3-4-8-17-39/h15-16,26-29,32,42-45H,3-14,17-25,30-31,39-41H2,1-2H3. The molecule has 0 aliphatic carbocycles. The van der Waals surface area contributed by atoms with Crippen molar-refractivity contribution in [3.8, 4) is 16.9 Å². The molecule has 0 fully saturated rings. The van der Waals surface area contributed by atoms with E-state index in [0.29, 0.717) is 0 Å². The maximum absolute atomic E-state index is 6.23. The summed E-state index contributed by atoms with van der Waals surface area (Å²) < 4.78 is 6.23. The normalized spacial score (nSPS) is 11.5. The minimum absolute atomic E-state index is 0.133. The zero-order valence-corrected chi connectivity index (χ0v) is 29.4. The second-order valence-electron chi connectivity index (χ2n) is 12.9. The van der Waals surface area contributed by atoms with E-state index in [0.717, 1.165) is 110 Å². The number of benzene rings is 2. The molecular weight excluding hydrogens is 570 g/mol. The maximum Gasteiger partial charge on any atom is 0.124 e. The Bertz CT molecular complexity index is 978. The summed E-state index contributed by atoms with van der Waals surface area (Å²) in [7, 11) is 0. The summed E-state index contributed by atoms with van der Waals surface area (Å²) in [4.78, 5) is 0. The van der Waals surface area contributed by atoms with E-state index in [9.17, 15) is 0 Å². The highest BCUT2D eigenvalue weighted by Crippen LogP contribution is 2.29. The molecule has 0 saturated carbocycles. The van der Waals surface area contributed by atoms with Gasteiger partial charge in [-0.25, -0.2) is 0 Å². The highest BCUT2D eigenvalue weighted by atomic mass is 16.5. The molecule has 0 radical (unpaired) electrons. The Morgan fingerprint density at radius 2 is 1.09 bits per heavy atom. The first kappa shape index (κ1) is 40.1. The van der Waals surface area contributed by atoms with Gasteiger partial charge in [-0.1, -0.05) is 43.9 Å². The molecule has 0 aliphatic rings. The van der Waals surface area contributed by atoms with Gasteiger partial charge in [-0.3, -0.25) is 0 Å². The smallest absolute Gasteiger partial charge is 0.124 e. The molecule has 0 aromatic heterocycles. The van der Waals surface area contributed by atoms with Gasteiger partial charge in [0.05, 0.1) is 6.10 Å². The fourth-order valence-electron chi connectivity index (χ4n) is 5.62. The van der Waals surface area contributed by atoms with Gasteiger partial charge in [0.2, 0.25) is 0 Å². The minimum atomic E-state index is 0.133. The summed E-state index contributed by atoms with van der Waals surface area (Å²) in [5.41, 5.74) is 23.4. The van der Waals surface area contributed by atoms with Crippen LogP contribution in [0.5, 0.6) is 5.75 Å². The molecule has 2 aromatic carbocycles. The van der Waals surface area contributed by atoms with Crippen LogP contribution in [0.4, 0.5) is 0 Å². The average molecular weight is 640 g/mol. The van der Waals surface area contributed by atoms with E-state index in [1.54, 1.807) is 0 Å². The Labute approximate surface area is 281 Å². The molecule has 0 aliphatic heterocycles. The lowest BCUT2D eigenvalue weighted by Gasteiger charge is -2.17. The van der Waals surface area contributed by atoms with Gasteiger partial charge in [0, 0.05) is 18.7 Å². The van der Waals surface area contributed by atoms with E-state index in [4.69, 9.17) is 21.9 Å². The topological polar surface area (TPSA) is 135 Å². The summed E-state index contributed by atoms with van der Waals surface area (Å²) in [6, 6.07) is 13.9. The van der Waals surface area contributed by atoms with Gasteiger partial charge in [0.25, 0.3) is 0 Å². The molecule has 8 heteroatoms. The van der Waals surface area contributed by atoms with Crippen molar-refractivity contribution in [2.75, 3.05) is 58.9 Å². The molecule has 0 bridgehead atoms. The Morgan fingerprint density at radius 1 is 0.522 bits per heavy atom. The van der Waals surface area contributed by atoms with E-state index < -0.39 is 0 Å². The first-order valence-electron chi connectivity index (χ1n) is 18.4. The predicted molar refractivity (Wildman–Crippen MR) is 198 cm³/mol. The van der Waals surface area contributed by atoms with Crippen LogP contribution < -0.4 is 43.2 Å². The number of nitrogens with one attached hydrogen (secondary N) is 4. The molecule has 0 heterocycles. The van der Waals surface area contributed by atoms with E-state index in [1.807, 2.05) is 0 Å². The summed E-state index contributed by atoms with van der Waals surface area (Å²) >= 11 is 0. The van der Waals surface area contributed by atoms with Crippen LogP contribution in [-0.2, 0) is 19.5 Å². The van der Waals surface area contributed by atoms with E-state index >= 15 is 0 Å². The Kier molecular flexibility index (Phi) is 23.5. The molecule has 46 heavy (non-hydrogen) atoms. The van der Waals surface area contributed by atoms with Crippen LogP contribution in [0.3, 0.4) is 0 Å². The third-order valence-electron chi connectivity index (χ3n) is 8.15. The lowest BCUT2D eigenvalue weighted by molar-refractivity contribution is 0.239. The highest BCUT2D eigenvalue weighted by Gasteiger charge is 2.11. The van der Waals surface area contributed by atoms with Crippen molar-refractivity contribution < 1.29 is 4.74 Å². The molecule has 0 atom stereocenters. The maximum atomic E-state index is 6.23. The first-order chi connectivity index (χ1) is 22.6. The van der Waals surface area contributed by atoms with Gasteiger partial charge in [-0.2, -0.15) is 0 Å². The third-order valence-corrected chi connectivity index (χ3v) is 8.15. The summed E-state index contributed by atoms with van der Waals surface area (Å²) in [6.07, 6.45) is 14.2. The molecule has 0 amide bonds. The van der Waals surface area contributed by atoms with Crippen LogP contribution in [0, 0.1) is 0 Å². The average Bonchev–Trinajstić information content (AvgIpc) is 3.05. The van der Waals surface area contributed by atoms with Crippen LogP contribution >= 0.6 is 0 Å². The molecule has 2 aromatic rings. The second-order valence-corrected chi connectivity index (χ2v) is 12.9. The molecule has 0 unspecified atom stereocenters. The van der Waals surface area contributed by atoms with Crippen molar-refractivity contribution in [1.29, 1.82) is 0 Å². The fourth-order valence-corrected chi connectivity index (χ4v) is 5.62. The van der Waals surface area contributed by atoms with Gasteiger partial charge >= 0.3 is 0 Å². The van der Waals surface area contributed by atoms with E-state index in [-0.39, 0.29) is 6.10 Å². The van der Waals surface area contributed by atoms with Crippen LogP contribution in [0.25, 0.3) is 11.1 Å². The molecule has 10 N–H and O–H groups in total. The SMILES string of the molecule is CC(C)Oc1ccc(-c2cc(CCCCCNCCCN)cc(CNCCCCCCCN)c2)cc1CNCCCNCCCN. The molecule has 0 saturated heterocycles. The molecule has 262 valence electrons. The van der Waals surface area contributed by atoms with Gasteiger partial charge in [0.15, 0.2) is 0 Å². The van der Waals surface area contributed by atoms with Crippen LogP contribution in [0.2, 0.25) is 0 Å². The van der Waals surface area contributed by atoms with Gasteiger partial charge in [-0.15, -0.1) is 0 Å². The van der Waals surface area contributed by atoms with E-state index in [1.165, 1.54) is 72.8 Å². The number of ether oxygens (including phenoxy) is 1. The van der Waals surface area contributed by atoms with Crippen LogP contribution in [-0.4, -0.2) is 65.0 Å². The Balaban J connectivity index is 2.08. The number of nitrogens with two attached hydrogens (primary N) is 3. The largest absolute Gasteiger partial charge is 0.491 e. The highest BCUT2D eigenvalue weighted by molar-refractivity contribution is 5.67. The zero-order valence-electron chi connectivity index (χ0n) is 29.4. The monoisotopic (exact) mass is 640 g/mol. The van der Waals surface area contributed by atoms with Crippen molar-refractivity contribution in [1.82, 2.24) is 21.3 Å². The summed E-state index contributed by atoms with van der Waals surface area (Å²) in [5.74, 6) is 0.969. The third kappa shape index (κ3) is 18.9. The quantitative estimate of drug-likeness (QED) is 0.0580. The summed E-state index contributed by atoms with van der Waals surface area (Å²) in [6.45, 7) is 14.3. The number of hydrogen-bond donors (Lipinski definition) is 7. The summed E-state index contributed by atoms with van der Waals surface area (Å²) in [5, 5.41) is 14.3. The van der Waals surface area contributed by atoms with Crippen LogP contribution in [0.1, 0.15) is 101 Å². The van der Waals surface area contributed by atoms with Crippen molar-refractivity contribution in [2.24, 2.45) is 17.2 Å². The van der Waals surface area contributed by atoms with Crippen LogP contribution in [0.15, 0.2) is 36.4 Å². The fraction of sp³-hybridized carbons (Fsp3) is 0.684. The second kappa shape index (κ2) is 27.0. The van der Waals surface area contributed by atoms with Crippen molar-refractivity contribution in [2.45, 2.75) is 110 Å². The molecular formula is C38H69N7O. The number of unbranched alkanes of at least 4 members (excludes halogenated alkanes) is 6. The number of rotatable bonds is 30. The van der Waals surface area contributed by atoms with Crippen molar-refractivity contribution in [3.63, 3.8) is 0 Å². The first-order valence-corrected chi connectivity index (χ1v) is 18.4. The Hall–Kier alpha value is -2.04. The van der Waals surface area contributed by atoms with Gasteiger partial charge in [-0.05, 0) is 165 Å². The van der Waals surface area contributed by atoms with E-state index in [2.05, 4.69) is 71.5 Å².